The summed E-state index contributed by atoms with van der Waals surface area (Å²) in [6.07, 6.45) is 0.857. The third kappa shape index (κ3) is 2.52. The number of aryl methyl sites for hydroxylation is 1. The monoisotopic (exact) mass is 367 g/mol. The van der Waals surface area contributed by atoms with E-state index in [1.54, 1.807) is 31.3 Å². The van der Waals surface area contributed by atoms with Gasteiger partial charge in [-0.1, -0.05) is 48.5 Å². The van der Waals surface area contributed by atoms with Crippen LogP contribution in [0.5, 0.6) is 0 Å². The van der Waals surface area contributed by atoms with E-state index in [4.69, 9.17) is 0 Å². The van der Waals surface area contributed by atoms with Crippen molar-refractivity contribution in [2.24, 2.45) is 7.05 Å². The number of carbonyl (C=O) groups is 1. The van der Waals surface area contributed by atoms with E-state index in [1.165, 1.54) is 26.9 Å². The van der Waals surface area contributed by atoms with Crippen molar-refractivity contribution in [1.82, 2.24) is 9.78 Å². The van der Waals surface area contributed by atoms with Gasteiger partial charge in [-0.2, -0.15) is 5.10 Å². The van der Waals surface area contributed by atoms with Crippen molar-refractivity contribution in [3.63, 3.8) is 0 Å². The van der Waals surface area contributed by atoms with Crippen molar-refractivity contribution in [1.29, 1.82) is 0 Å². The molecule has 1 aromatic heterocycles. The number of anilines is 1. The minimum atomic E-state index is -0.331. The summed E-state index contributed by atoms with van der Waals surface area (Å²) >= 11 is 0. The number of amides is 1. The molecule has 5 nitrogen and oxygen atoms in total. The van der Waals surface area contributed by atoms with Crippen molar-refractivity contribution in [3.8, 4) is 11.1 Å². The number of hydrogen-bond donors (Lipinski definition) is 1. The predicted octanol–water partition coefficient (Wildman–Crippen LogP) is 3.76. The molecule has 0 unspecified atom stereocenters. The van der Waals surface area contributed by atoms with E-state index in [2.05, 4.69) is 22.5 Å². The highest BCUT2D eigenvalue weighted by atomic mass is 16.2. The lowest BCUT2D eigenvalue weighted by Crippen LogP contribution is -2.25. The largest absolute Gasteiger partial charge is 0.321 e. The zero-order chi connectivity index (χ0) is 19.3. The van der Waals surface area contributed by atoms with Crippen molar-refractivity contribution < 1.29 is 4.79 Å². The number of rotatable bonds is 2. The molecule has 0 aliphatic heterocycles. The van der Waals surface area contributed by atoms with Gasteiger partial charge in [-0.05, 0) is 46.9 Å². The zero-order valence-corrected chi connectivity index (χ0v) is 15.3. The SMILES string of the molecule is Cn1nc(C(=O)Nc2ccc3c(c2)Cc2ccccc2-3)c2ccccc2c1=O. The number of hydrogen-bond acceptors (Lipinski definition) is 3. The predicted molar refractivity (Wildman–Crippen MR) is 110 cm³/mol. The fourth-order valence-corrected chi connectivity index (χ4v) is 3.88. The molecule has 0 bridgehead atoms. The molecule has 5 heteroatoms. The third-order valence-corrected chi connectivity index (χ3v) is 5.22. The summed E-state index contributed by atoms with van der Waals surface area (Å²) in [6.45, 7) is 0. The van der Waals surface area contributed by atoms with Crippen LogP contribution in [0.1, 0.15) is 21.6 Å². The Morgan fingerprint density at radius 1 is 0.929 bits per heavy atom. The van der Waals surface area contributed by atoms with E-state index in [0.717, 1.165) is 12.1 Å². The summed E-state index contributed by atoms with van der Waals surface area (Å²) in [5.41, 5.74) is 5.68. The Morgan fingerprint density at radius 2 is 1.64 bits per heavy atom. The van der Waals surface area contributed by atoms with Crippen molar-refractivity contribution in [2.45, 2.75) is 6.42 Å². The molecule has 3 aromatic carbocycles. The molecule has 0 radical (unpaired) electrons. The Hall–Kier alpha value is -3.73. The molecule has 0 atom stereocenters. The molecule has 5 rings (SSSR count). The third-order valence-electron chi connectivity index (χ3n) is 5.22. The molecule has 1 amide bonds. The van der Waals surface area contributed by atoms with Gasteiger partial charge in [0.15, 0.2) is 5.69 Å². The van der Waals surface area contributed by atoms with Gasteiger partial charge < -0.3 is 5.32 Å². The maximum atomic E-state index is 12.9. The molecule has 0 fully saturated rings. The van der Waals surface area contributed by atoms with Crippen LogP contribution in [-0.4, -0.2) is 15.7 Å². The van der Waals surface area contributed by atoms with Crippen LogP contribution in [0.2, 0.25) is 0 Å². The van der Waals surface area contributed by atoms with Gasteiger partial charge in [0.25, 0.3) is 11.5 Å². The maximum Gasteiger partial charge on any atom is 0.276 e. The molecule has 136 valence electrons. The van der Waals surface area contributed by atoms with Crippen LogP contribution in [0.15, 0.2) is 71.5 Å². The second kappa shape index (κ2) is 6.16. The van der Waals surface area contributed by atoms with E-state index in [1.807, 2.05) is 30.3 Å². The molecular weight excluding hydrogens is 350 g/mol. The highest BCUT2D eigenvalue weighted by molar-refractivity contribution is 6.11. The summed E-state index contributed by atoms with van der Waals surface area (Å²) in [5.74, 6) is -0.331. The second-order valence-corrected chi connectivity index (χ2v) is 6.98. The molecule has 1 N–H and O–H groups in total. The van der Waals surface area contributed by atoms with Gasteiger partial charge in [0.2, 0.25) is 0 Å². The smallest absolute Gasteiger partial charge is 0.276 e. The van der Waals surface area contributed by atoms with Gasteiger partial charge in [0, 0.05) is 18.1 Å². The average molecular weight is 367 g/mol. The van der Waals surface area contributed by atoms with Crippen LogP contribution in [-0.2, 0) is 13.5 Å². The summed E-state index contributed by atoms with van der Waals surface area (Å²) in [4.78, 5) is 25.2. The van der Waals surface area contributed by atoms with E-state index in [9.17, 15) is 9.59 Å². The van der Waals surface area contributed by atoms with Gasteiger partial charge >= 0.3 is 0 Å². The van der Waals surface area contributed by atoms with Crippen molar-refractivity contribution in [2.75, 3.05) is 5.32 Å². The summed E-state index contributed by atoms with van der Waals surface area (Å²) in [7, 11) is 1.55. The molecule has 0 saturated heterocycles. The first-order valence-electron chi connectivity index (χ1n) is 9.10. The molecule has 1 aliphatic rings. The molecule has 1 heterocycles. The summed E-state index contributed by atoms with van der Waals surface area (Å²) in [5, 5.41) is 8.16. The first-order chi connectivity index (χ1) is 13.6. The fourth-order valence-electron chi connectivity index (χ4n) is 3.88. The van der Waals surface area contributed by atoms with Crippen LogP contribution in [0, 0.1) is 0 Å². The Labute approximate surface area is 161 Å². The van der Waals surface area contributed by atoms with Gasteiger partial charge in [-0.3, -0.25) is 9.59 Å². The van der Waals surface area contributed by atoms with Gasteiger partial charge in [-0.15, -0.1) is 0 Å². The van der Waals surface area contributed by atoms with Crippen LogP contribution in [0.3, 0.4) is 0 Å². The van der Waals surface area contributed by atoms with Gasteiger partial charge in [-0.25, -0.2) is 4.68 Å². The lowest BCUT2D eigenvalue weighted by molar-refractivity contribution is 0.102. The Bertz CT molecular complexity index is 1320. The quantitative estimate of drug-likeness (QED) is 0.517. The number of aromatic nitrogens is 2. The van der Waals surface area contributed by atoms with Crippen LogP contribution >= 0.6 is 0 Å². The Balaban J connectivity index is 1.51. The maximum absolute atomic E-state index is 12.9. The molecular formula is C23H17N3O2. The zero-order valence-electron chi connectivity index (χ0n) is 15.3. The van der Waals surface area contributed by atoms with E-state index in [-0.39, 0.29) is 17.2 Å². The standard InChI is InChI=1S/C23H17N3O2/c1-26-23(28)20-9-5-4-8-19(20)21(25-26)22(27)24-16-10-11-18-15(13-16)12-14-6-2-3-7-17(14)18/h2-11,13H,12H2,1H3,(H,24,27). The highest BCUT2D eigenvalue weighted by Crippen LogP contribution is 2.37. The lowest BCUT2D eigenvalue weighted by atomic mass is 10.1. The molecule has 1 aliphatic carbocycles. The number of carbonyl (C=O) groups excluding carboxylic acids is 1. The van der Waals surface area contributed by atoms with Crippen molar-refractivity contribution >= 4 is 22.4 Å². The second-order valence-electron chi connectivity index (χ2n) is 6.98. The molecule has 0 saturated carbocycles. The Kier molecular flexibility index (Phi) is 3.62. The Morgan fingerprint density at radius 3 is 2.50 bits per heavy atom. The van der Waals surface area contributed by atoms with E-state index >= 15 is 0 Å². The average Bonchev–Trinajstić information content (AvgIpc) is 3.08. The van der Waals surface area contributed by atoms with Gasteiger partial charge in [0.1, 0.15) is 0 Å². The minimum Gasteiger partial charge on any atom is -0.321 e. The summed E-state index contributed by atoms with van der Waals surface area (Å²) in [6, 6.07) is 21.3. The number of nitrogens with one attached hydrogen (secondary N) is 1. The highest BCUT2D eigenvalue weighted by Gasteiger charge is 2.20. The number of nitrogens with zero attached hydrogens (tertiary/aromatic N) is 2. The lowest BCUT2D eigenvalue weighted by Gasteiger charge is -2.10. The first kappa shape index (κ1) is 16.4. The van der Waals surface area contributed by atoms with Crippen LogP contribution < -0.4 is 10.9 Å². The van der Waals surface area contributed by atoms with Crippen LogP contribution in [0.25, 0.3) is 21.9 Å². The fraction of sp³-hybridized carbons (Fsp3) is 0.0870. The topological polar surface area (TPSA) is 64.0 Å². The van der Waals surface area contributed by atoms with Crippen LogP contribution in [0.4, 0.5) is 5.69 Å². The molecule has 4 aromatic rings. The number of benzene rings is 3. The number of fused-ring (bicyclic) bond motifs is 4. The van der Waals surface area contributed by atoms with E-state index < -0.39 is 0 Å². The minimum absolute atomic E-state index is 0.220. The molecule has 0 spiro atoms. The van der Waals surface area contributed by atoms with Gasteiger partial charge in [0.05, 0.1) is 5.39 Å². The van der Waals surface area contributed by atoms with Crippen molar-refractivity contribution in [3.05, 3.63) is 93.9 Å². The first-order valence-corrected chi connectivity index (χ1v) is 9.10. The summed E-state index contributed by atoms with van der Waals surface area (Å²) < 4.78 is 1.20. The van der Waals surface area contributed by atoms with E-state index in [0.29, 0.717) is 10.8 Å². The normalized spacial score (nSPS) is 11.9. The molecule has 28 heavy (non-hydrogen) atoms.